The molecule has 0 aromatic heterocycles. The summed E-state index contributed by atoms with van der Waals surface area (Å²) in [5, 5.41) is 2.30. The average molecular weight is 309 g/mol. The van der Waals surface area contributed by atoms with Crippen molar-refractivity contribution in [1.29, 1.82) is 0 Å². The van der Waals surface area contributed by atoms with E-state index >= 15 is 0 Å². The van der Waals surface area contributed by atoms with Gasteiger partial charge in [0.1, 0.15) is 0 Å². The molecule has 2 amide bonds. The van der Waals surface area contributed by atoms with E-state index in [1.807, 2.05) is 6.92 Å². The van der Waals surface area contributed by atoms with Gasteiger partial charge in [0.15, 0.2) is 0 Å². The molecule has 0 saturated carbocycles. The number of rotatable bonds is 5. The van der Waals surface area contributed by atoms with E-state index in [1.165, 1.54) is 4.90 Å². The van der Waals surface area contributed by atoms with Crippen molar-refractivity contribution in [2.45, 2.75) is 26.2 Å². The second kappa shape index (κ2) is 6.72. The molecule has 5 nitrogen and oxygen atoms in total. The Balaban J connectivity index is 2.12. The fourth-order valence-corrected chi connectivity index (χ4v) is 2.46. The molecule has 0 spiro atoms. The Morgan fingerprint density at radius 3 is 2.81 bits per heavy atom. The first-order chi connectivity index (χ1) is 10.0. The van der Waals surface area contributed by atoms with Gasteiger partial charge in [-0.15, -0.1) is 0 Å². The summed E-state index contributed by atoms with van der Waals surface area (Å²) in [5.41, 5.74) is 1.30. The zero-order chi connectivity index (χ0) is 15.4. The summed E-state index contributed by atoms with van der Waals surface area (Å²) in [7, 11) is 0. The maximum absolute atomic E-state index is 12.0. The fourth-order valence-electron chi connectivity index (χ4n) is 2.31. The highest BCUT2D eigenvalue weighted by molar-refractivity contribution is 6.64. The molecule has 112 valence electrons. The van der Waals surface area contributed by atoms with Crippen molar-refractivity contribution in [1.82, 2.24) is 0 Å². The van der Waals surface area contributed by atoms with Crippen LogP contribution < -0.4 is 10.2 Å². The van der Waals surface area contributed by atoms with Gasteiger partial charge in [0.05, 0.1) is 5.92 Å². The quantitative estimate of drug-likeness (QED) is 0.850. The number of nitrogens with one attached hydrogen (secondary N) is 1. The molecule has 1 aromatic rings. The van der Waals surface area contributed by atoms with Crippen molar-refractivity contribution in [2.75, 3.05) is 16.8 Å². The molecule has 1 N–H and O–H groups in total. The summed E-state index contributed by atoms with van der Waals surface area (Å²) in [6.45, 7) is 2.22. The van der Waals surface area contributed by atoms with Gasteiger partial charge in [0, 0.05) is 30.8 Å². The van der Waals surface area contributed by atoms with Gasteiger partial charge in [-0.05, 0) is 36.2 Å². The number of hydrogen-bond acceptors (Lipinski definition) is 3. The minimum Gasteiger partial charge on any atom is -0.326 e. The predicted molar refractivity (Wildman–Crippen MR) is 81.3 cm³/mol. The van der Waals surface area contributed by atoms with Crippen molar-refractivity contribution >= 4 is 40.0 Å². The fraction of sp³-hybridized carbons (Fsp3) is 0.400. The molecule has 1 aromatic carbocycles. The Labute approximate surface area is 128 Å². The van der Waals surface area contributed by atoms with Crippen molar-refractivity contribution < 1.29 is 14.4 Å². The minimum absolute atomic E-state index is 0.0591. The standard InChI is InChI=1S/C15H17ClN2O3/c1-2-4-13(19)17-11-5-3-6-12(8-11)18-9-10(15(16)21)7-14(18)20/h3,5-6,8,10H,2,4,7,9H2,1H3,(H,17,19). The lowest BCUT2D eigenvalue weighted by atomic mass is 10.1. The molecule has 1 unspecified atom stereocenters. The van der Waals surface area contributed by atoms with Crippen molar-refractivity contribution in [2.24, 2.45) is 5.92 Å². The molecule has 2 rings (SSSR count). The highest BCUT2D eigenvalue weighted by atomic mass is 35.5. The summed E-state index contributed by atoms with van der Waals surface area (Å²) >= 11 is 5.46. The van der Waals surface area contributed by atoms with Crippen LogP contribution in [0.1, 0.15) is 26.2 Å². The van der Waals surface area contributed by atoms with Crippen molar-refractivity contribution in [3.63, 3.8) is 0 Å². The van der Waals surface area contributed by atoms with E-state index in [0.29, 0.717) is 17.8 Å². The topological polar surface area (TPSA) is 66.5 Å². The van der Waals surface area contributed by atoms with Crippen molar-refractivity contribution in [3.05, 3.63) is 24.3 Å². The van der Waals surface area contributed by atoms with Crippen LogP contribution in [0.4, 0.5) is 11.4 Å². The number of hydrogen-bond donors (Lipinski definition) is 1. The molecular weight excluding hydrogens is 292 g/mol. The summed E-state index contributed by atoms with van der Waals surface area (Å²) in [6.07, 6.45) is 1.36. The Bertz CT molecular complexity index is 574. The number of halogens is 1. The summed E-state index contributed by atoms with van der Waals surface area (Å²) in [6, 6.07) is 7.03. The van der Waals surface area contributed by atoms with Gasteiger partial charge in [0.2, 0.25) is 17.1 Å². The van der Waals surface area contributed by atoms with E-state index in [4.69, 9.17) is 11.6 Å². The van der Waals surface area contributed by atoms with Gasteiger partial charge >= 0.3 is 0 Å². The molecule has 1 aliphatic rings. The van der Waals surface area contributed by atoms with Crippen LogP contribution in [0.15, 0.2) is 24.3 Å². The van der Waals surface area contributed by atoms with E-state index in [0.717, 1.165) is 6.42 Å². The van der Waals surface area contributed by atoms with E-state index in [9.17, 15) is 14.4 Å². The Morgan fingerprint density at radius 2 is 2.19 bits per heavy atom. The van der Waals surface area contributed by atoms with Gasteiger partial charge < -0.3 is 10.2 Å². The molecular formula is C15H17ClN2O3. The van der Waals surface area contributed by atoms with Gasteiger partial charge in [-0.2, -0.15) is 0 Å². The second-order valence-electron chi connectivity index (χ2n) is 5.06. The number of amides is 2. The van der Waals surface area contributed by atoms with E-state index in [2.05, 4.69) is 5.32 Å². The van der Waals surface area contributed by atoms with Crippen molar-refractivity contribution in [3.8, 4) is 0 Å². The SMILES string of the molecule is CCCC(=O)Nc1cccc(N2CC(C(=O)Cl)CC2=O)c1. The lowest BCUT2D eigenvalue weighted by Crippen LogP contribution is -2.25. The van der Waals surface area contributed by atoms with Crippen LogP contribution in [-0.2, 0) is 14.4 Å². The van der Waals surface area contributed by atoms with E-state index in [-0.39, 0.29) is 24.8 Å². The Morgan fingerprint density at radius 1 is 1.43 bits per heavy atom. The monoisotopic (exact) mass is 308 g/mol. The second-order valence-corrected chi connectivity index (χ2v) is 5.43. The molecule has 1 saturated heterocycles. The van der Waals surface area contributed by atoms with Crippen LogP contribution in [-0.4, -0.2) is 23.6 Å². The predicted octanol–water partition coefficient (Wildman–Crippen LogP) is 2.54. The Hall–Kier alpha value is -1.88. The molecule has 1 heterocycles. The van der Waals surface area contributed by atoms with Crippen LogP contribution in [0, 0.1) is 5.92 Å². The van der Waals surface area contributed by atoms with Crippen LogP contribution in [0.5, 0.6) is 0 Å². The highest BCUT2D eigenvalue weighted by Crippen LogP contribution is 2.28. The third-order valence-electron chi connectivity index (χ3n) is 3.36. The lowest BCUT2D eigenvalue weighted by molar-refractivity contribution is -0.120. The number of anilines is 2. The highest BCUT2D eigenvalue weighted by Gasteiger charge is 2.34. The van der Waals surface area contributed by atoms with Gasteiger partial charge in [0.25, 0.3) is 0 Å². The van der Waals surface area contributed by atoms with Crippen LogP contribution in [0.25, 0.3) is 0 Å². The molecule has 21 heavy (non-hydrogen) atoms. The molecule has 0 bridgehead atoms. The van der Waals surface area contributed by atoms with E-state index < -0.39 is 11.2 Å². The summed E-state index contributed by atoms with van der Waals surface area (Å²) < 4.78 is 0. The first kappa shape index (κ1) is 15.5. The molecule has 0 aliphatic carbocycles. The lowest BCUT2D eigenvalue weighted by Gasteiger charge is -2.17. The smallest absolute Gasteiger partial charge is 0.227 e. The zero-order valence-corrected chi connectivity index (χ0v) is 12.5. The number of nitrogens with zero attached hydrogens (tertiary/aromatic N) is 1. The van der Waals surface area contributed by atoms with Gasteiger partial charge in [-0.25, -0.2) is 0 Å². The minimum atomic E-state index is -0.488. The third-order valence-corrected chi connectivity index (χ3v) is 3.67. The largest absolute Gasteiger partial charge is 0.326 e. The maximum Gasteiger partial charge on any atom is 0.227 e. The van der Waals surface area contributed by atoms with E-state index in [1.54, 1.807) is 24.3 Å². The van der Waals surface area contributed by atoms with Crippen LogP contribution >= 0.6 is 11.6 Å². The molecule has 1 aliphatic heterocycles. The van der Waals surface area contributed by atoms with Gasteiger partial charge in [-0.3, -0.25) is 14.4 Å². The molecule has 1 atom stereocenters. The summed E-state index contributed by atoms with van der Waals surface area (Å²) in [4.78, 5) is 36.3. The van der Waals surface area contributed by atoms with Crippen LogP contribution in [0.3, 0.4) is 0 Å². The molecule has 1 fully saturated rings. The summed E-state index contributed by atoms with van der Waals surface area (Å²) in [5.74, 6) is -0.653. The van der Waals surface area contributed by atoms with Gasteiger partial charge in [-0.1, -0.05) is 13.0 Å². The average Bonchev–Trinajstić information content (AvgIpc) is 2.81. The normalized spacial score (nSPS) is 17.9. The number of benzene rings is 1. The maximum atomic E-state index is 12.0. The molecule has 6 heteroatoms. The molecule has 0 radical (unpaired) electrons. The van der Waals surface area contributed by atoms with Crippen LogP contribution in [0.2, 0.25) is 0 Å². The first-order valence-corrected chi connectivity index (χ1v) is 7.28. The zero-order valence-electron chi connectivity index (χ0n) is 11.8. The Kier molecular flexibility index (Phi) is 4.96. The number of carbonyl (C=O) groups excluding carboxylic acids is 3. The first-order valence-electron chi connectivity index (χ1n) is 6.91. The number of carbonyl (C=O) groups is 3. The third kappa shape index (κ3) is 3.82.